The van der Waals surface area contributed by atoms with Gasteiger partial charge in [-0.15, -0.1) is 0 Å². The van der Waals surface area contributed by atoms with Gasteiger partial charge in [-0.05, 0) is 12.1 Å². The van der Waals surface area contributed by atoms with Gasteiger partial charge in [-0.2, -0.15) is 23.0 Å². The van der Waals surface area contributed by atoms with E-state index in [0.29, 0.717) is 0 Å². The van der Waals surface area contributed by atoms with E-state index in [9.17, 15) is 18.0 Å². The number of hydrogen-bond acceptors (Lipinski definition) is 3. The number of alkyl halides is 3. The molecule has 8 heteroatoms. The van der Waals surface area contributed by atoms with Gasteiger partial charge < -0.3 is 0 Å². The Hall–Kier alpha value is -2.12. The minimum Gasteiger partial charge on any atom is -0.295 e. The van der Waals surface area contributed by atoms with Gasteiger partial charge >= 0.3 is 11.9 Å². The largest absolute Gasteiger partial charge is 0.433 e. The minimum absolute atomic E-state index is 0.166. The highest BCUT2D eigenvalue weighted by atomic mass is 19.4. The quantitative estimate of drug-likeness (QED) is 0.794. The Labute approximate surface area is 86.6 Å². The van der Waals surface area contributed by atoms with Crippen molar-refractivity contribution < 1.29 is 13.2 Å². The van der Waals surface area contributed by atoms with Crippen LogP contribution in [0, 0.1) is 0 Å². The third-order valence-corrected chi connectivity index (χ3v) is 1.84. The average Bonchev–Trinajstić information content (AvgIpc) is 2.63. The third-order valence-electron chi connectivity index (χ3n) is 1.84. The Morgan fingerprint density at radius 1 is 1.31 bits per heavy atom. The molecule has 2 aromatic heterocycles. The summed E-state index contributed by atoms with van der Waals surface area (Å²) >= 11 is 0. The van der Waals surface area contributed by atoms with Crippen LogP contribution in [0.4, 0.5) is 13.2 Å². The van der Waals surface area contributed by atoms with Gasteiger partial charge in [0.05, 0.1) is 11.9 Å². The van der Waals surface area contributed by atoms with Crippen LogP contribution in [0.25, 0.3) is 5.69 Å². The average molecular weight is 230 g/mol. The number of aromatic amines is 1. The summed E-state index contributed by atoms with van der Waals surface area (Å²) in [6.45, 7) is 0. The van der Waals surface area contributed by atoms with E-state index in [1.807, 2.05) is 0 Å². The number of pyridine rings is 1. The summed E-state index contributed by atoms with van der Waals surface area (Å²) < 4.78 is 37.5. The van der Waals surface area contributed by atoms with Crippen LogP contribution in [-0.2, 0) is 6.18 Å². The maximum Gasteiger partial charge on any atom is 0.433 e. The maximum absolute atomic E-state index is 12.2. The fourth-order valence-electron chi connectivity index (χ4n) is 1.12. The second-order valence-electron chi connectivity index (χ2n) is 2.91. The van der Waals surface area contributed by atoms with Crippen molar-refractivity contribution in [3.8, 4) is 5.69 Å². The number of nitrogens with zero attached hydrogens (tertiary/aromatic N) is 3. The molecule has 0 aliphatic heterocycles. The lowest BCUT2D eigenvalue weighted by molar-refractivity contribution is -0.141. The molecular weight excluding hydrogens is 225 g/mol. The number of aromatic nitrogens is 4. The molecule has 0 bridgehead atoms. The van der Waals surface area contributed by atoms with E-state index in [4.69, 9.17) is 0 Å². The highest BCUT2D eigenvalue weighted by Gasteiger charge is 2.32. The van der Waals surface area contributed by atoms with Crippen molar-refractivity contribution in [1.29, 1.82) is 0 Å². The molecule has 16 heavy (non-hydrogen) atoms. The van der Waals surface area contributed by atoms with Crippen molar-refractivity contribution in [3.63, 3.8) is 0 Å². The Balaban J connectivity index is 2.41. The van der Waals surface area contributed by atoms with Crippen molar-refractivity contribution in [2.24, 2.45) is 0 Å². The first kappa shape index (κ1) is 10.4. The Morgan fingerprint density at radius 2 is 2.06 bits per heavy atom. The van der Waals surface area contributed by atoms with Crippen molar-refractivity contribution in [1.82, 2.24) is 19.7 Å². The zero-order chi connectivity index (χ0) is 11.8. The molecule has 1 N–H and O–H groups in total. The zero-order valence-corrected chi connectivity index (χ0v) is 7.69. The van der Waals surface area contributed by atoms with E-state index in [1.54, 1.807) is 0 Å². The minimum atomic E-state index is -4.49. The molecule has 84 valence electrons. The summed E-state index contributed by atoms with van der Waals surface area (Å²) in [5.41, 5.74) is -1.39. The van der Waals surface area contributed by atoms with Crippen molar-refractivity contribution in [3.05, 3.63) is 40.8 Å². The van der Waals surface area contributed by atoms with Gasteiger partial charge in [0.1, 0.15) is 12.0 Å². The SMILES string of the molecule is O=c1[nH]cnn1-c1ccc(C(F)(F)F)nc1. The van der Waals surface area contributed by atoms with Crippen LogP contribution in [0.3, 0.4) is 0 Å². The van der Waals surface area contributed by atoms with Crippen LogP contribution in [0.5, 0.6) is 0 Å². The number of halogens is 3. The summed E-state index contributed by atoms with van der Waals surface area (Å²) in [5.74, 6) is 0. The lowest BCUT2D eigenvalue weighted by atomic mass is 10.3. The van der Waals surface area contributed by atoms with E-state index in [-0.39, 0.29) is 5.69 Å². The summed E-state index contributed by atoms with van der Waals surface area (Å²) in [5, 5.41) is 3.61. The van der Waals surface area contributed by atoms with Crippen molar-refractivity contribution >= 4 is 0 Å². The molecule has 5 nitrogen and oxygen atoms in total. The molecule has 0 spiro atoms. The third kappa shape index (κ3) is 1.81. The van der Waals surface area contributed by atoms with E-state index in [2.05, 4.69) is 15.1 Å². The lowest BCUT2D eigenvalue weighted by Crippen LogP contribution is -2.17. The predicted molar refractivity (Wildman–Crippen MR) is 47.0 cm³/mol. The summed E-state index contributed by atoms with van der Waals surface area (Å²) in [4.78, 5) is 16.6. The molecule has 0 unspecified atom stereocenters. The maximum atomic E-state index is 12.2. The summed E-state index contributed by atoms with van der Waals surface area (Å²) in [6, 6.07) is 1.91. The highest BCUT2D eigenvalue weighted by molar-refractivity contribution is 5.28. The molecule has 0 fully saturated rings. The van der Waals surface area contributed by atoms with Crippen LogP contribution in [0.15, 0.2) is 29.5 Å². The molecule has 0 saturated carbocycles. The van der Waals surface area contributed by atoms with Crippen molar-refractivity contribution in [2.45, 2.75) is 6.18 Å². The predicted octanol–water partition coefficient (Wildman–Crippen LogP) is 0.974. The molecule has 0 amide bonds. The van der Waals surface area contributed by atoms with Crippen molar-refractivity contribution in [2.75, 3.05) is 0 Å². The number of nitrogens with one attached hydrogen (secondary N) is 1. The Bertz CT molecular complexity index is 539. The van der Waals surface area contributed by atoms with Crippen LogP contribution in [-0.4, -0.2) is 19.7 Å². The second-order valence-corrected chi connectivity index (χ2v) is 2.91. The van der Waals surface area contributed by atoms with Crippen LogP contribution >= 0.6 is 0 Å². The fourth-order valence-corrected chi connectivity index (χ4v) is 1.12. The van der Waals surface area contributed by atoms with Gasteiger partial charge in [0.15, 0.2) is 0 Å². The lowest BCUT2D eigenvalue weighted by Gasteiger charge is -2.05. The molecule has 0 radical (unpaired) electrons. The molecule has 2 aromatic rings. The second kappa shape index (κ2) is 3.47. The highest BCUT2D eigenvalue weighted by Crippen LogP contribution is 2.27. The monoisotopic (exact) mass is 230 g/mol. The Kier molecular flexibility index (Phi) is 2.26. The first-order chi connectivity index (χ1) is 7.48. The zero-order valence-electron chi connectivity index (χ0n) is 7.69. The molecular formula is C8H5F3N4O. The van der Waals surface area contributed by atoms with E-state index >= 15 is 0 Å². The van der Waals surface area contributed by atoms with Gasteiger partial charge in [0.2, 0.25) is 0 Å². The van der Waals surface area contributed by atoms with Crippen LogP contribution in [0.2, 0.25) is 0 Å². The van der Waals surface area contributed by atoms with E-state index in [0.717, 1.165) is 29.3 Å². The topological polar surface area (TPSA) is 63.6 Å². The van der Waals surface area contributed by atoms with Crippen LogP contribution < -0.4 is 5.69 Å². The summed E-state index contributed by atoms with van der Waals surface area (Å²) in [7, 11) is 0. The standard InChI is InChI=1S/C8H5F3N4O/c9-8(10,11)6-2-1-5(3-12-6)15-7(16)13-4-14-15/h1-4H,(H,13,14,16). The fraction of sp³-hybridized carbons (Fsp3) is 0.125. The molecule has 0 aliphatic carbocycles. The van der Waals surface area contributed by atoms with Gasteiger partial charge in [0, 0.05) is 0 Å². The summed E-state index contributed by atoms with van der Waals surface area (Å²) in [6.07, 6.45) is -2.42. The van der Waals surface area contributed by atoms with Gasteiger partial charge in [0.25, 0.3) is 0 Å². The molecule has 2 rings (SSSR count). The van der Waals surface area contributed by atoms with Gasteiger partial charge in [-0.25, -0.2) is 9.78 Å². The number of H-pyrrole nitrogens is 1. The molecule has 2 heterocycles. The number of hydrogen-bond donors (Lipinski definition) is 1. The molecule has 0 saturated heterocycles. The molecule has 0 atom stereocenters. The van der Waals surface area contributed by atoms with E-state index < -0.39 is 17.6 Å². The van der Waals surface area contributed by atoms with E-state index in [1.165, 1.54) is 0 Å². The number of rotatable bonds is 1. The molecule has 0 aromatic carbocycles. The first-order valence-corrected chi connectivity index (χ1v) is 4.15. The van der Waals surface area contributed by atoms with Crippen LogP contribution in [0.1, 0.15) is 5.69 Å². The first-order valence-electron chi connectivity index (χ1n) is 4.15. The Morgan fingerprint density at radius 3 is 2.50 bits per heavy atom. The van der Waals surface area contributed by atoms with Gasteiger partial charge in [-0.1, -0.05) is 0 Å². The van der Waals surface area contributed by atoms with Gasteiger partial charge in [-0.3, -0.25) is 4.98 Å². The normalized spacial score (nSPS) is 11.7. The molecule has 0 aliphatic rings. The smallest absolute Gasteiger partial charge is 0.295 e.